The Balaban J connectivity index is 2.04. The van der Waals surface area contributed by atoms with Crippen LogP contribution in [0.25, 0.3) is 0 Å². The summed E-state index contributed by atoms with van der Waals surface area (Å²) in [6.07, 6.45) is -4.61. The smallest absolute Gasteiger partial charge is 0.372 e. The lowest BCUT2D eigenvalue weighted by molar-refractivity contribution is -0.137. The highest BCUT2D eigenvalue weighted by Gasteiger charge is 2.29. The highest BCUT2D eigenvalue weighted by atomic mass is 19.4. The van der Waals surface area contributed by atoms with Crippen LogP contribution in [0.3, 0.4) is 0 Å². The molecule has 1 saturated heterocycles. The van der Waals surface area contributed by atoms with Gasteiger partial charge in [0, 0.05) is 13.1 Å². The lowest BCUT2D eigenvalue weighted by atomic mass is 10.3. The summed E-state index contributed by atoms with van der Waals surface area (Å²) in [4.78, 5) is 1.64. The topological polar surface area (TPSA) is 15.8 Å². The first-order chi connectivity index (χ1) is 5.47. The van der Waals surface area contributed by atoms with Gasteiger partial charge in [0.1, 0.15) is 0 Å². The second kappa shape index (κ2) is 3.62. The molecule has 1 atom stereocenters. The van der Waals surface area contributed by atoms with Crippen molar-refractivity contribution >= 4 is 0 Å². The molecule has 0 aliphatic carbocycles. The SMILES string of the molecule is CN(CCC(F)(F)F)CC1CO1. The van der Waals surface area contributed by atoms with E-state index in [1.807, 2.05) is 0 Å². The van der Waals surface area contributed by atoms with Crippen LogP contribution in [-0.4, -0.2) is 43.9 Å². The van der Waals surface area contributed by atoms with E-state index >= 15 is 0 Å². The summed E-state index contributed by atoms with van der Waals surface area (Å²) >= 11 is 0. The Hall–Kier alpha value is -0.290. The lowest BCUT2D eigenvalue weighted by Crippen LogP contribution is -2.27. The Morgan fingerprint density at radius 2 is 2.08 bits per heavy atom. The summed E-state index contributed by atoms with van der Waals surface area (Å²) < 4.78 is 40.0. The zero-order valence-electron chi connectivity index (χ0n) is 6.90. The minimum atomic E-state index is -4.04. The molecule has 1 aliphatic rings. The van der Waals surface area contributed by atoms with E-state index < -0.39 is 12.6 Å². The molecule has 1 heterocycles. The molecule has 1 aliphatic heterocycles. The summed E-state index contributed by atoms with van der Waals surface area (Å²) in [7, 11) is 1.67. The fourth-order valence-corrected chi connectivity index (χ4v) is 0.930. The zero-order chi connectivity index (χ0) is 9.19. The maximum absolute atomic E-state index is 11.7. The van der Waals surface area contributed by atoms with Gasteiger partial charge < -0.3 is 9.64 Å². The molecule has 0 spiro atoms. The Bertz CT molecular complexity index is 144. The van der Waals surface area contributed by atoms with Crippen LogP contribution < -0.4 is 0 Å². The highest BCUT2D eigenvalue weighted by Crippen LogP contribution is 2.20. The average Bonchev–Trinajstić information content (AvgIpc) is 2.66. The number of ether oxygens (including phenoxy) is 1. The summed E-state index contributed by atoms with van der Waals surface area (Å²) in [5, 5.41) is 0. The van der Waals surface area contributed by atoms with Crippen LogP contribution in [0, 0.1) is 0 Å². The number of rotatable bonds is 4. The normalized spacial score (nSPS) is 23.2. The maximum atomic E-state index is 11.7. The van der Waals surface area contributed by atoms with Gasteiger partial charge in [-0.2, -0.15) is 13.2 Å². The van der Waals surface area contributed by atoms with Gasteiger partial charge in [-0.25, -0.2) is 0 Å². The molecule has 1 rings (SSSR count). The van der Waals surface area contributed by atoms with Crippen molar-refractivity contribution in [3.05, 3.63) is 0 Å². The largest absolute Gasteiger partial charge is 0.390 e. The zero-order valence-corrected chi connectivity index (χ0v) is 6.90. The Morgan fingerprint density at radius 1 is 1.50 bits per heavy atom. The summed E-state index contributed by atoms with van der Waals surface area (Å²) in [5.74, 6) is 0. The molecule has 5 heteroatoms. The summed E-state index contributed by atoms with van der Waals surface area (Å²) in [5.41, 5.74) is 0. The fraction of sp³-hybridized carbons (Fsp3) is 1.00. The Kier molecular flexibility index (Phi) is 2.95. The van der Waals surface area contributed by atoms with Crippen molar-refractivity contribution < 1.29 is 17.9 Å². The van der Waals surface area contributed by atoms with Crippen molar-refractivity contribution in [1.82, 2.24) is 4.90 Å². The van der Waals surface area contributed by atoms with Crippen LogP contribution >= 0.6 is 0 Å². The van der Waals surface area contributed by atoms with Gasteiger partial charge in [-0.05, 0) is 7.05 Å². The van der Waals surface area contributed by atoms with Crippen molar-refractivity contribution in [2.45, 2.75) is 18.7 Å². The number of hydrogen-bond acceptors (Lipinski definition) is 2. The van der Waals surface area contributed by atoms with Crippen molar-refractivity contribution in [1.29, 1.82) is 0 Å². The standard InChI is InChI=1S/C7H12F3NO/c1-11(4-6-5-12-6)3-2-7(8,9)10/h6H,2-5H2,1H3. The Morgan fingerprint density at radius 3 is 2.50 bits per heavy atom. The number of likely N-dealkylation sites (N-methyl/N-ethyl adjacent to an activating group) is 1. The van der Waals surface area contributed by atoms with Gasteiger partial charge >= 0.3 is 6.18 Å². The maximum Gasteiger partial charge on any atom is 0.390 e. The van der Waals surface area contributed by atoms with E-state index in [-0.39, 0.29) is 12.6 Å². The summed E-state index contributed by atoms with van der Waals surface area (Å²) in [6, 6.07) is 0. The van der Waals surface area contributed by atoms with E-state index in [9.17, 15) is 13.2 Å². The van der Waals surface area contributed by atoms with Gasteiger partial charge in [0.2, 0.25) is 0 Å². The monoisotopic (exact) mass is 183 g/mol. The van der Waals surface area contributed by atoms with Crippen molar-refractivity contribution in [2.75, 3.05) is 26.7 Å². The van der Waals surface area contributed by atoms with Crippen molar-refractivity contribution in [2.24, 2.45) is 0 Å². The van der Waals surface area contributed by atoms with Crippen molar-refractivity contribution in [3.8, 4) is 0 Å². The Labute approximate surface area is 69.3 Å². The third-order valence-electron chi connectivity index (χ3n) is 1.69. The first-order valence-electron chi connectivity index (χ1n) is 3.84. The second-order valence-electron chi connectivity index (χ2n) is 3.08. The molecule has 0 saturated carbocycles. The first-order valence-corrected chi connectivity index (χ1v) is 3.84. The summed E-state index contributed by atoms with van der Waals surface area (Å²) in [6.45, 7) is 1.36. The van der Waals surface area contributed by atoms with E-state index in [4.69, 9.17) is 4.74 Å². The third kappa shape index (κ3) is 4.56. The van der Waals surface area contributed by atoms with Crippen LogP contribution in [0.4, 0.5) is 13.2 Å². The van der Waals surface area contributed by atoms with E-state index in [2.05, 4.69) is 0 Å². The van der Waals surface area contributed by atoms with E-state index in [1.165, 1.54) is 0 Å². The van der Waals surface area contributed by atoms with E-state index in [0.29, 0.717) is 13.2 Å². The van der Waals surface area contributed by atoms with Gasteiger partial charge in [-0.15, -0.1) is 0 Å². The predicted molar refractivity (Wildman–Crippen MR) is 37.9 cm³/mol. The van der Waals surface area contributed by atoms with Crippen molar-refractivity contribution in [3.63, 3.8) is 0 Å². The molecule has 0 aromatic heterocycles. The minimum Gasteiger partial charge on any atom is -0.372 e. The quantitative estimate of drug-likeness (QED) is 0.610. The molecular formula is C7H12F3NO. The molecule has 0 aromatic rings. The third-order valence-corrected chi connectivity index (χ3v) is 1.69. The second-order valence-corrected chi connectivity index (χ2v) is 3.08. The van der Waals surface area contributed by atoms with Crippen LogP contribution in [0.5, 0.6) is 0 Å². The average molecular weight is 183 g/mol. The molecular weight excluding hydrogens is 171 g/mol. The number of epoxide rings is 1. The molecule has 0 N–H and O–H groups in total. The molecule has 0 radical (unpaired) electrons. The molecule has 12 heavy (non-hydrogen) atoms. The first kappa shape index (κ1) is 9.80. The van der Waals surface area contributed by atoms with Gasteiger partial charge in [-0.1, -0.05) is 0 Å². The number of alkyl halides is 3. The molecule has 72 valence electrons. The van der Waals surface area contributed by atoms with E-state index in [1.54, 1.807) is 11.9 Å². The minimum absolute atomic E-state index is 0.0589. The molecule has 2 nitrogen and oxygen atoms in total. The van der Waals surface area contributed by atoms with Crippen LogP contribution in [0.1, 0.15) is 6.42 Å². The van der Waals surface area contributed by atoms with E-state index in [0.717, 1.165) is 0 Å². The number of nitrogens with zero attached hydrogens (tertiary/aromatic N) is 1. The number of halogens is 3. The number of hydrogen-bond donors (Lipinski definition) is 0. The van der Waals surface area contributed by atoms with Gasteiger partial charge in [0.05, 0.1) is 19.1 Å². The van der Waals surface area contributed by atoms with Crippen LogP contribution in [0.2, 0.25) is 0 Å². The molecule has 0 amide bonds. The molecule has 0 aromatic carbocycles. The van der Waals surface area contributed by atoms with Crippen LogP contribution in [-0.2, 0) is 4.74 Å². The van der Waals surface area contributed by atoms with Gasteiger partial charge in [-0.3, -0.25) is 0 Å². The molecule has 1 fully saturated rings. The fourth-order valence-electron chi connectivity index (χ4n) is 0.930. The highest BCUT2D eigenvalue weighted by molar-refractivity contribution is 4.73. The van der Waals surface area contributed by atoms with Gasteiger partial charge in [0.15, 0.2) is 0 Å². The van der Waals surface area contributed by atoms with Crippen LogP contribution in [0.15, 0.2) is 0 Å². The molecule has 0 bridgehead atoms. The lowest BCUT2D eigenvalue weighted by Gasteiger charge is -2.15. The van der Waals surface area contributed by atoms with Gasteiger partial charge in [0.25, 0.3) is 0 Å². The molecule has 1 unspecified atom stereocenters. The predicted octanol–water partition coefficient (Wildman–Crippen LogP) is 1.27.